The molecule has 0 saturated carbocycles. The molecular weight excluding hydrogens is 757 g/mol. The molecule has 6 heteroatoms. The lowest BCUT2D eigenvalue weighted by Gasteiger charge is -2.18. The van der Waals surface area contributed by atoms with Crippen LogP contribution >= 0.6 is 0 Å². The summed E-state index contributed by atoms with van der Waals surface area (Å²) in [4.78, 5) is 37.9. The molecule has 1 atom stereocenters. The minimum absolute atomic E-state index is 0.118. The van der Waals surface area contributed by atoms with Crippen molar-refractivity contribution in [1.82, 2.24) is 0 Å². The zero-order valence-corrected chi connectivity index (χ0v) is 39.4. The molecule has 0 rings (SSSR count). The average molecular weight is 847 g/mol. The standard InChI is InChI=1S/C55H90O6/c1-4-7-10-13-16-19-22-25-27-28-29-31-33-36-39-42-45-48-54(57)60-51-52(50-59-53(56)47-44-41-38-35-32-24-21-18-15-12-9-6-3)61-55(58)49-46-43-40-37-34-30-26-23-20-17-14-11-8-5-2/h8-9,11-12,17-18,20-21,25,27,29,31-32,35-36,39,52H,4-7,10,13-16,19,22-24,26,28,30,33-34,37-38,40-51H2,1-3H3/b11-8-,12-9-,20-17-,21-18-,27-25-,31-29-,35-32-,39-36-. The molecule has 0 N–H and O–H groups in total. The van der Waals surface area contributed by atoms with Gasteiger partial charge in [0.15, 0.2) is 6.10 Å². The first kappa shape index (κ1) is 57.3. The smallest absolute Gasteiger partial charge is 0.306 e. The normalized spacial score (nSPS) is 12.9. The highest BCUT2D eigenvalue weighted by Gasteiger charge is 2.19. The van der Waals surface area contributed by atoms with E-state index >= 15 is 0 Å². The molecule has 0 aliphatic carbocycles. The van der Waals surface area contributed by atoms with Crippen LogP contribution in [0, 0.1) is 0 Å². The Labute approximate surface area is 375 Å². The van der Waals surface area contributed by atoms with Crippen LogP contribution in [0.4, 0.5) is 0 Å². The summed E-state index contributed by atoms with van der Waals surface area (Å²) < 4.78 is 16.7. The molecule has 0 aliphatic rings. The van der Waals surface area contributed by atoms with Crippen molar-refractivity contribution in [3.8, 4) is 0 Å². The first-order valence-electron chi connectivity index (χ1n) is 24.7. The quantitative estimate of drug-likeness (QED) is 0.0263. The maximum Gasteiger partial charge on any atom is 0.306 e. The van der Waals surface area contributed by atoms with Crippen molar-refractivity contribution in [1.29, 1.82) is 0 Å². The Hall–Kier alpha value is -3.67. The van der Waals surface area contributed by atoms with Crippen molar-refractivity contribution in [2.75, 3.05) is 13.2 Å². The lowest BCUT2D eigenvalue weighted by molar-refractivity contribution is -0.167. The van der Waals surface area contributed by atoms with Gasteiger partial charge >= 0.3 is 17.9 Å². The minimum atomic E-state index is -0.817. The third-order valence-corrected chi connectivity index (χ3v) is 10.1. The van der Waals surface area contributed by atoms with Gasteiger partial charge in [-0.2, -0.15) is 0 Å². The first-order chi connectivity index (χ1) is 30.0. The molecule has 346 valence electrons. The lowest BCUT2D eigenvalue weighted by Crippen LogP contribution is -2.30. The third kappa shape index (κ3) is 47.2. The van der Waals surface area contributed by atoms with Crippen LogP contribution in [0.5, 0.6) is 0 Å². The maximum atomic E-state index is 12.8. The molecule has 1 unspecified atom stereocenters. The van der Waals surface area contributed by atoms with Crippen LogP contribution < -0.4 is 0 Å². The molecule has 0 fully saturated rings. The summed E-state index contributed by atoms with van der Waals surface area (Å²) in [5.74, 6) is -1.02. The third-order valence-electron chi connectivity index (χ3n) is 10.1. The average Bonchev–Trinajstić information content (AvgIpc) is 3.26. The summed E-state index contributed by atoms with van der Waals surface area (Å²) in [5.41, 5.74) is 0. The van der Waals surface area contributed by atoms with E-state index in [0.717, 1.165) is 96.3 Å². The van der Waals surface area contributed by atoms with Crippen molar-refractivity contribution in [2.45, 2.75) is 219 Å². The highest BCUT2D eigenvalue weighted by atomic mass is 16.6. The fourth-order valence-corrected chi connectivity index (χ4v) is 6.39. The molecule has 0 aromatic heterocycles. The van der Waals surface area contributed by atoms with Crippen LogP contribution in [0.3, 0.4) is 0 Å². The number of carbonyl (C=O) groups excluding carboxylic acids is 3. The molecule has 0 saturated heterocycles. The van der Waals surface area contributed by atoms with Crippen molar-refractivity contribution in [3.63, 3.8) is 0 Å². The van der Waals surface area contributed by atoms with Crippen LogP contribution in [-0.2, 0) is 28.6 Å². The summed E-state index contributed by atoms with van der Waals surface area (Å²) in [6.45, 7) is 6.31. The van der Waals surface area contributed by atoms with E-state index in [9.17, 15) is 14.4 Å². The monoisotopic (exact) mass is 847 g/mol. The van der Waals surface area contributed by atoms with Crippen molar-refractivity contribution < 1.29 is 28.6 Å². The Bertz CT molecular complexity index is 1250. The van der Waals surface area contributed by atoms with E-state index in [1.807, 2.05) is 0 Å². The van der Waals surface area contributed by atoms with Crippen LogP contribution in [-0.4, -0.2) is 37.2 Å². The predicted molar refractivity (Wildman–Crippen MR) is 260 cm³/mol. The second kappa shape index (κ2) is 49.0. The lowest BCUT2D eigenvalue weighted by atomic mass is 10.1. The van der Waals surface area contributed by atoms with E-state index in [1.165, 1.54) is 70.6 Å². The summed E-state index contributed by atoms with van der Waals surface area (Å²) in [7, 11) is 0. The van der Waals surface area contributed by atoms with Gasteiger partial charge in [0.05, 0.1) is 0 Å². The highest BCUT2D eigenvalue weighted by molar-refractivity contribution is 5.71. The maximum absolute atomic E-state index is 12.8. The molecule has 0 aromatic rings. The van der Waals surface area contributed by atoms with Gasteiger partial charge in [-0.1, -0.05) is 182 Å². The van der Waals surface area contributed by atoms with Gasteiger partial charge in [0.25, 0.3) is 0 Å². The Kier molecular flexibility index (Phi) is 46.0. The Balaban J connectivity index is 4.52. The van der Waals surface area contributed by atoms with Gasteiger partial charge in [-0.25, -0.2) is 0 Å². The van der Waals surface area contributed by atoms with Crippen molar-refractivity contribution in [3.05, 3.63) is 97.2 Å². The van der Waals surface area contributed by atoms with E-state index < -0.39 is 6.10 Å². The Morgan fingerprint density at radius 2 is 0.656 bits per heavy atom. The Morgan fingerprint density at radius 3 is 1.10 bits per heavy atom. The molecule has 0 aromatic carbocycles. The number of carbonyl (C=O) groups is 3. The second-order valence-corrected chi connectivity index (χ2v) is 16.0. The van der Waals surface area contributed by atoms with Gasteiger partial charge in [-0.15, -0.1) is 0 Å². The van der Waals surface area contributed by atoms with Gasteiger partial charge in [0, 0.05) is 19.3 Å². The fourth-order valence-electron chi connectivity index (χ4n) is 6.39. The number of allylic oxidation sites excluding steroid dienone is 16. The SMILES string of the molecule is CC/C=C\C/C=C\C/C=C\CCCCC(=O)OCC(COC(=O)CCC/C=C\C/C=C\C/C=C\CCCCCCCC)OC(=O)CCCCCCCCC/C=C\C/C=C\CC. The van der Waals surface area contributed by atoms with Gasteiger partial charge in [-0.05, 0) is 109 Å². The number of hydrogen-bond acceptors (Lipinski definition) is 6. The van der Waals surface area contributed by atoms with E-state index in [2.05, 4.69) is 118 Å². The van der Waals surface area contributed by atoms with E-state index in [-0.39, 0.29) is 37.5 Å². The molecule has 0 heterocycles. The van der Waals surface area contributed by atoms with Crippen molar-refractivity contribution >= 4 is 17.9 Å². The molecule has 0 radical (unpaired) electrons. The second-order valence-electron chi connectivity index (χ2n) is 16.0. The molecule has 6 nitrogen and oxygen atoms in total. The van der Waals surface area contributed by atoms with Gasteiger partial charge < -0.3 is 14.2 Å². The van der Waals surface area contributed by atoms with Crippen LogP contribution in [0.1, 0.15) is 213 Å². The number of esters is 3. The summed E-state index contributed by atoms with van der Waals surface area (Å²) in [5, 5.41) is 0. The van der Waals surface area contributed by atoms with Gasteiger partial charge in [0.2, 0.25) is 0 Å². The molecule has 61 heavy (non-hydrogen) atoms. The summed E-state index contributed by atoms with van der Waals surface area (Å²) in [6.07, 6.45) is 64.0. The van der Waals surface area contributed by atoms with Gasteiger partial charge in [0.1, 0.15) is 13.2 Å². The zero-order valence-electron chi connectivity index (χ0n) is 39.4. The van der Waals surface area contributed by atoms with Crippen LogP contribution in [0.2, 0.25) is 0 Å². The Morgan fingerprint density at radius 1 is 0.344 bits per heavy atom. The van der Waals surface area contributed by atoms with E-state index in [0.29, 0.717) is 19.3 Å². The van der Waals surface area contributed by atoms with Crippen LogP contribution in [0.25, 0.3) is 0 Å². The molecule has 0 bridgehead atoms. The minimum Gasteiger partial charge on any atom is -0.462 e. The molecular formula is C55H90O6. The van der Waals surface area contributed by atoms with Gasteiger partial charge in [-0.3, -0.25) is 14.4 Å². The van der Waals surface area contributed by atoms with Crippen molar-refractivity contribution in [2.24, 2.45) is 0 Å². The first-order valence-corrected chi connectivity index (χ1v) is 24.7. The topological polar surface area (TPSA) is 78.9 Å². The predicted octanol–water partition coefficient (Wildman–Crippen LogP) is 16.2. The molecule has 0 aliphatic heterocycles. The fraction of sp³-hybridized carbons (Fsp3) is 0.655. The van der Waals surface area contributed by atoms with E-state index in [4.69, 9.17) is 14.2 Å². The number of ether oxygens (including phenoxy) is 3. The van der Waals surface area contributed by atoms with E-state index in [1.54, 1.807) is 0 Å². The number of unbranched alkanes of at least 4 members (excludes halogenated alkanes) is 16. The van der Waals surface area contributed by atoms with Crippen LogP contribution in [0.15, 0.2) is 97.2 Å². The molecule has 0 spiro atoms. The zero-order chi connectivity index (χ0) is 44.4. The number of rotatable bonds is 43. The molecule has 0 amide bonds. The summed E-state index contributed by atoms with van der Waals surface area (Å²) in [6, 6.07) is 0. The highest BCUT2D eigenvalue weighted by Crippen LogP contribution is 2.13. The summed E-state index contributed by atoms with van der Waals surface area (Å²) >= 11 is 0. The number of hydrogen-bond donors (Lipinski definition) is 0. The largest absolute Gasteiger partial charge is 0.462 e.